The highest BCUT2D eigenvalue weighted by Crippen LogP contribution is 2.60. The van der Waals surface area contributed by atoms with Gasteiger partial charge in [0.05, 0.1) is 0 Å². The second-order valence-electron chi connectivity index (χ2n) is 6.59. The third-order valence-electron chi connectivity index (χ3n) is 5.22. The van der Waals surface area contributed by atoms with Crippen molar-refractivity contribution in [1.29, 1.82) is 0 Å². The molecule has 1 N–H and O–H groups in total. The Morgan fingerprint density at radius 3 is 2.75 bits per heavy atom. The fourth-order valence-corrected chi connectivity index (χ4v) is 3.65. The Hall–Kier alpha value is -1.28. The maximum atomic E-state index is 5.97. The molecule has 4 rings (SSSR count). The third kappa shape index (κ3) is 2.07. The van der Waals surface area contributed by atoms with Gasteiger partial charge < -0.3 is 9.73 Å². The molecule has 0 saturated heterocycles. The van der Waals surface area contributed by atoms with Gasteiger partial charge in [-0.15, -0.1) is 0 Å². The molecule has 2 heteroatoms. The van der Waals surface area contributed by atoms with Crippen molar-refractivity contribution in [3.8, 4) is 0 Å². The lowest BCUT2D eigenvalue weighted by Gasteiger charge is -2.15. The molecule has 2 saturated carbocycles. The quantitative estimate of drug-likeness (QED) is 0.847. The van der Waals surface area contributed by atoms with E-state index in [0.717, 1.165) is 30.2 Å². The van der Waals surface area contributed by atoms with Crippen molar-refractivity contribution in [3.63, 3.8) is 0 Å². The predicted molar refractivity (Wildman–Crippen MR) is 81.7 cm³/mol. The SMILES string of the molecule is CCc1oc2ccccc2c1CNCC1(C2CC2)CC1. The normalized spacial score (nSPS) is 20.4. The molecule has 2 fully saturated rings. The van der Waals surface area contributed by atoms with Gasteiger partial charge in [-0.3, -0.25) is 0 Å². The Balaban J connectivity index is 1.50. The van der Waals surface area contributed by atoms with Gasteiger partial charge in [-0.1, -0.05) is 25.1 Å². The number of hydrogen-bond acceptors (Lipinski definition) is 2. The summed E-state index contributed by atoms with van der Waals surface area (Å²) in [4.78, 5) is 0. The van der Waals surface area contributed by atoms with Gasteiger partial charge in [0.1, 0.15) is 11.3 Å². The van der Waals surface area contributed by atoms with Crippen molar-refractivity contribution < 1.29 is 4.42 Å². The summed E-state index contributed by atoms with van der Waals surface area (Å²) < 4.78 is 5.97. The average Bonchev–Trinajstić information content (AvgIpc) is 3.36. The fraction of sp³-hybridized carbons (Fsp3) is 0.556. The number of benzene rings is 1. The van der Waals surface area contributed by atoms with Crippen molar-refractivity contribution >= 4 is 11.0 Å². The molecule has 0 unspecified atom stereocenters. The van der Waals surface area contributed by atoms with Crippen LogP contribution in [0.3, 0.4) is 0 Å². The standard InChI is InChI=1S/C18H23NO/c1-2-16-15(14-5-3-4-6-17(14)20-16)11-19-12-18(9-10-18)13-7-8-13/h3-6,13,19H,2,7-12H2,1H3. The van der Waals surface area contributed by atoms with Crippen molar-refractivity contribution in [2.75, 3.05) is 6.54 Å². The highest BCUT2D eigenvalue weighted by atomic mass is 16.3. The molecule has 0 amide bonds. The van der Waals surface area contributed by atoms with E-state index in [1.165, 1.54) is 43.2 Å². The van der Waals surface area contributed by atoms with E-state index in [1.54, 1.807) is 0 Å². The van der Waals surface area contributed by atoms with E-state index >= 15 is 0 Å². The number of nitrogens with one attached hydrogen (secondary N) is 1. The molecule has 2 nitrogen and oxygen atoms in total. The lowest BCUT2D eigenvalue weighted by Crippen LogP contribution is -2.25. The van der Waals surface area contributed by atoms with Crippen LogP contribution in [0, 0.1) is 11.3 Å². The number of furan rings is 1. The Kier molecular flexibility index (Phi) is 2.88. The first-order valence-electron chi connectivity index (χ1n) is 8.02. The summed E-state index contributed by atoms with van der Waals surface area (Å²) in [5.41, 5.74) is 3.07. The first-order valence-corrected chi connectivity index (χ1v) is 8.02. The van der Waals surface area contributed by atoms with Crippen LogP contribution < -0.4 is 5.32 Å². The van der Waals surface area contributed by atoms with Crippen molar-refractivity contribution in [1.82, 2.24) is 5.32 Å². The van der Waals surface area contributed by atoms with Gasteiger partial charge in [0.15, 0.2) is 0 Å². The third-order valence-corrected chi connectivity index (χ3v) is 5.22. The van der Waals surface area contributed by atoms with E-state index in [2.05, 4.69) is 36.5 Å². The Labute approximate surface area is 120 Å². The molecule has 0 aliphatic heterocycles. The predicted octanol–water partition coefficient (Wildman–Crippen LogP) is 4.28. The summed E-state index contributed by atoms with van der Waals surface area (Å²) in [7, 11) is 0. The monoisotopic (exact) mass is 269 g/mol. The van der Waals surface area contributed by atoms with Crippen LogP contribution in [0.25, 0.3) is 11.0 Å². The zero-order valence-electron chi connectivity index (χ0n) is 12.2. The molecule has 0 radical (unpaired) electrons. The average molecular weight is 269 g/mol. The minimum absolute atomic E-state index is 0.673. The highest BCUT2D eigenvalue weighted by molar-refractivity contribution is 5.82. The van der Waals surface area contributed by atoms with E-state index in [0.29, 0.717) is 5.41 Å². The summed E-state index contributed by atoms with van der Waals surface area (Å²) in [5, 5.41) is 5.00. The molecule has 1 aromatic heterocycles. The minimum atomic E-state index is 0.673. The molecule has 2 aliphatic rings. The smallest absolute Gasteiger partial charge is 0.134 e. The van der Waals surface area contributed by atoms with Crippen LogP contribution in [0.2, 0.25) is 0 Å². The fourth-order valence-electron chi connectivity index (χ4n) is 3.65. The van der Waals surface area contributed by atoms with Gasteiger partial charge in [-0.05, 0) is 43.1 Å². The van der Waals surface area contributed by atoms with Gasteiger partial charge >= 0.3 is 0 Å². The Morgan fingerprint density at radius 2 is 2.05 bits per heavy atom. The number of rotatable bonds is 6. The zero-order chi connectivity index (χ0) is 13.6. The van der Waals surface area contributed by atoms with Crippen molar-refractivity contribution in [2.45, 2.75) is 45.6 Å². The maximum absolute atomic E-state index is 5.97. The largest absolute Gasteiger partial charge is 0.461 e. The molecule has 2 aliphatic carbocycles. The summed E-state index contributed by atoms with van der Waals surface area (Å²) in [6, 6.07) is 8.41. The molecule has 106 valence electrons. The van der Waals surface area contributed by atoms with Crippen LogP contribution >= 0.6 is 0 Å². The first kappa shape index (κ1) is 12.5. The van der Waals surface area contributed by atoms with Crippen LogP contribution in [0.5, 0.6) is 0 Å². The van der Waals surface area contributed by atoms with Crippen LogP contribution in [0.1, 0.15) is 43.9 Å². The summed E-state index contributed by atoms with van der Waals surface area (Å²) >= 11 is 0. The number of hydrogen-bond donors (Lipinski definition) is 1. The minimum Gasteiger partial charge on any atom is -0.461 e. The summed E-state index contributed by atoms with van der Waals surface area (Å²) in [5.74, 6) is 2.18. The van der Waals surface area contributed by atoms with E-state index in [1.807, 2.05) is 0 Å². The van der Waals surface area contributed by atoms with E-state index in [-0.39, 0.29) is 0 Å². The maximum Gasteiger partial charge on any atom is 0.134 e. The molecular formula is C18H23NO. The first-order chi connectivity index (χ1) is 9.82. The van der Waals surface area contributed by atoms with Crippen LogP contribution in [0.15, 0.2) is 28.7 Å². The molecule has 1 aromatic carbocycles. The Bertz CT molecular complexity index is 619. The molecule has 0 spiro atoms. The van der Waals surface area contributed by atoms with Crippen LogP contribution in [-0.2, 0) is 13.0 Å². The molecule has 1 heterocycles. The zero-order valence-corrected chi connectivity index (χ0v) is 12.2. The van der Waals surface area contributed by atoms with Gasteiger partial charge in [0.2, 0.25) is 0 Å². The second kappa shape index (κ2) is 4.63. The second-order valence-corrected chi connectivity index (χ2v) is 6.59. The molecule has 2 aromatic rings. The number of para-hydroxylation sites is 1. The van der Waals surface area contributed by atoms with E-state index in [4.69, 9.17) is 4.42 Å². The van der Waals surface area contributed by atoms with E-state index in [9.17, 15) is 0 Å². The van der Waals surface area contributed by atoms with Gasteiger partial charge in [-0.25, -0.2) is 0 Å². The van der Waals surface area contributed by atoms with Crippen molar-refractivity contribution in [2.24, 2.45) is 11.3 Å². The van der Waals surface area contributed by atoms with Gasteiger partial charge in [0.25, 0.3) is 0 Å². The van der Waals surface area contributed by atoms with Gasteiger partial charge in [0, 0.05) is 30.5 Å². The van der Waals surface area contributed by atoms with Crippen molar-refractivity contribution in [3.05, 3.63) is 35.6 Å². The number of fused-ring (bicyclic) bond motifs is 1. The summed E-state index contributed by atoms with van der Waals surface area (Å²) in [6.07, 6.45) is 6.79. The molecule has 20 heavy (non-hydrogen) atoms. The lowest BCUT2D eigenvalue weighted by atomic mass is 10.0. The van der Waals surface area contributed by atoms with E-state index < -0.39 is 0 Å². The van der Waals surface area contributed by atoms with Crippen LogP contribution in [0.4, 0.5) is 0 Å². The highest BCUT2D eigenvalue weighted by Gasteiger charge is 2.53. The molecule has 0 atom stereocenters. The van der Waals surface area contributed by atoms with Gasteiger partial charge in [-0.2, -0.15) is 0 Å². The lowest BCUT2D eigenvalue weighted by molar-refractivity contribution is 0.402. The summed E-state index contributed by atoms with van der Waals surface area (Å²) in [6.45, 7) is 4.32. The topological polar surface area (TPSA) is 25.2 Å². The van der Waals surface area contributed by atoms with Crippen LogP contribution in [-0.4, -0.2) is 6.54 Å². The molecular weight excluding hydrogens is 246 g/mol. The Morgan fingerprint density at radius 1 is 1.25 bits per heavy atom. The molecule has 0 bridgehead atoms. The number of aryl methyl sites for hydroxylation is 1.